The van der Waals surface area contributed by atoms with E-state index in [4.69, 9.17) is 8.83 Å². The first-order valence-electron chi connectivity index (χ1n) is 8.45. The van der Waals surface area contributed by atoms with Crippen molar-refractivity contribution in [1.82, 2.24) is 10.2 Å². The molecule has 0 saturated heterocycles. The fourth-order valence-electron chi connectivity index (χ4n) is 2.55. The van der Waals surface area contributed by atoms with Crippen LogP contribution in [0.4, 0.5) is 0 Å². The van der Waals surface area contributed by atoms with Crippen molar-refractivity contribution in [3.63, 3.8) is 0 Å². The number of hydrogen-bond donors (Lipinski definition) is 0. The molecular weight excluding hydrogens is 348 g/mol. The second kappa shape index (κ2) is 7.11. The van der Waals surface area contributed by atoms with Crippen molar-refractivity contribution >= 4 is 17.5 Å². The topological polar surface area (TPSA) is 69.1 Å². The van der Waals surface area contributed by atoms with Crippen LogP contribution in [0.15, 0.2) is 50.7 Å². The van der Waals surface area contributed by atoms with Gasteiger partial charge in [0, 0.05) is 5.56 Å². The minimum atomic E-state index is -0.325. The molecule has 0 unspecified atom stereocenters. The quantitative estimate of drug-likeness (QED) is 0.448. The largest absolute Gasteiger partial charge is 0.469 e. The van der Waals surface area contributed by atoms with Crippen LogP contribution < -0.4 is 0 Å². The lowest BCUT2D eigenvalue weighted by Gasteiger charge is -2.19. The second-order valence-corrected chi connectivity index (χ2v) is 8.51. The van der Waals surface area contributed by atoms with Gasteiger partial charge in [-0.2, -0.15) is 0 Å². The van der Waals surface area contributed by atoms with Crippen molar-refractivity contribution < 1.29 is 13.6 Å². The molecule has 6 heteroatoms. The number of furan rings is 1. The Morgan fingerprint density at radius 1 is 1.12 bits per heavy atom. The van der Waals surface area contributed by atoms with E-state index < -0.39 is 0 Å². The van der Waals surface area contributed by atoms with Gasteiger partial charge in [-0.15, -0.1) is 10.2 Å². The summed E-state index contributed by atoms with van der Waals surface area (Å²) in [6.45, 7) is 10.1. The molecule has 136 valence electrons. The fraction of sp³-hybridized carbons (Fsp3) is 0.350. The number of benzene rings is 1. The highest BCUT2D eigenvalue weighted by Crippen LogP contribution is 2.30. The van der Waals surface area contributed by atoms with Crippen molar-refractivity contribution in [3.8, 4) is 11.5 Å². The first-order chi connectivity index (χ1) is 12.3. The van der Waals surface area contributed by atoms with Gasteiger partial charge in [0.05, 0.1) is 17.1 Å². The van der Waals surface area contributed by atoms with Gasteiger partial charge in [-0.3, -0.25) is 4.79 Å². The zero-order valence-corrected chi connectivity index (χ0v) is 16.4. The SMILES string of the molecule is Cc1occc1-c1nnc(S[C@H](C)C(=O)c2ccc(C(C)(C)C)cc2)o1. The summed E-state index contributed by atoms with van der Waals surface area (Å²) in [5, 5.41) is 8.11. The number of aryl methyl sites for hydroxylation is 1. The molecule has 0 fully saturated rings. The van der Waals surface area contributed by atoms with Gasteiger partial charge in [-0.25, -0.2) is 0 Å². The lowest BCUT2D eigenvalue weighted by Crippen LogP contribution is -2.15. The first kappa shape index (κ1) is 18.5. The van der Waals surface area contributed by atoms with E-state index in [0.29, 0.717) is 22.4 Å². The van der Waals surface area contributed by atoms with Crippen LogP contribution in [0.25, 0.3) is 11.5 Å². The summed E-state index contributed by atoms with van der Waals surface area (Å²) in [4.78, 5) is 12.7. The highest BCUT2D eigenvalue weighted by molar-refractivity contribution is 8.00. The van der Waals surface area contributed by atoms with Crippen molar-refractivity contribution in [1.29, 1.82) is 0 Å². The van der Waals surface area contributed by atoms with Gasteiger partial charge in [-0.1, -0.05) is 56.8 Å². The molecule has 1 atom stereocenters. The molecule has 0 N–H and O–H groups in total. The molecule has 2 aromatic heterocycles. The minimum absolute atomic E-state index is 0.0368. The van der Waals surface area contributed by atoms with E-state index in [1.54, 1.807) is 12.3 Å². The number of Topliss-reactive ketones (excluding diaryl/α,β-unsaturated/α-hetero) is 1. The summed E-state index contributed by atoms with van der Waals surface area (Å²) in [5.41, 5.74) is 2.71. The summed E-state index contributed by atoms with van der Waals surface area (Å²) in [6.07, 6.45) is 1.58. The Hall–Kier alpha value is -2.34. The third-order valence-corrected chi connectivity index (χ3v) is 5.11. The van der Waals surface area contributed by atoms with Gasteiger partial charge in [0.15, 0.2) is 5.78 Å². The van der Waals surface area contributed by atoms with Crippen molar-refractivity contribution in [2.24, 2.45) is 0 Å². The molecule has 0 radical (unpaired) electrons. The van der Waals surface area contributed by atoms with E-state index >= 15 is 0 Å². The van der Waals surface area contributed by atoms with Gasteiger partial charge in [0.25, 0.3) is 11.1 Å². The lowest BCUT2D eigenvalue weighted by molar-refractivity contribution is 0.0993. The summed E-state index contributed by atoms with van der Waals surface area (Å²) >= 11 is 1.26. The number of thioether (sulfide) groups is 1. The number of ketones is 1. The summed E-state index contributed by atoms with van der Waals surface area (Å²) < 4.78 is 10.9. The van der Waals surface area contributed by atoms with E-state index in [1.165, 1.54) is 17.3 Å². The number of nitrogens with zero attached hydrogens (tertiary/aromatic N) is 2. The first-order valence-corrected chi connectivity index (χ1v) is 9.33. The molecule has 3 aromatic rings. The van der Waals surface area contributed by atoms with Crippen LogP contribution in [0, 0.1) is 6.92 Å². The van der Waals surface area contributed by atoms with E-state index in [0.717, 1.165) is 5.56 Å². The maximum absolute atomic E-state index is 12.7. The van der Waals surface area contributed by atoms with Crippen LogP contribution in [0.3, 0.4) is 0 Å². The fourth-order valence-corrected chi connectivity index (χ4v) is 3.31. The maximum Gasteiger partial charge on any atom is 0.277 e. The molecule has 0 aliphatic rings. The normalized spacial score (nSPS) is 13.0. The number of carbonyl (C=O) groups is 1. The van der Waals surface area contributed by atoms with Crippen molar-refractivity contribution in [2.75, 3.05) is 0 Å². The Kier molecular flexibility index (Phi) is 5.05. The Bertz CT molecular complexity index is 904. The minimum Gasteiger partial charge on any atom is -0.469 e. The molecule has 3 rings (SSSR count). The third-order valence-electron chi connectivity index (χ3n) is 4.18. The predicted molar refractivity (Wildman–Crippen MR) is 102 cm³/mol. The number of hydrogen-bond acceptors (Lipinski definition) is 6. The Labute approximate surface area is 157 Å². The molecular formula is C20H22N2O3S. The molecule has 26 heavy (non-hydrogen) atoms. The highest BCUT2D eigenvalue weighted by atomic mass is 32.2. The van der Waals surface area contributed by atoms with E-state index in [1.807, 2.05) is 38.1 Å². The van der Waals surface area contributed by atoms with Crippen molar-refractivity contribution in [2.45, 2.75) is 50.5 Å². The van der Waals surface area contributed by atoms with E-state index in [-0.39, 0.29) is 16.4 Å². The summed E-state index contributed by atoms with van der Waals surface area (Å²) in [5.74, 6) is 1.15. The maximum atomic E-state index is 12.7. The second-order valence-electron chi connectivity index (χ2n) is 7.22. The predicted octanol–water partition coefficient (Wildman–Crippen LogP) is 5.30. The third kappa shape index (κ3) is 3.90. The van der Waals surface area contributed by atoms with Crippen molar-refractivity contribution in [3.05, 3.63) is 53.5 Å². The molecule has 0 bridgehead atoms. The lowest BCUT2D eigenvalue weighted by atomic mass is 9.86. The average Bonchev–Trinajstić information content (AvgIpc) is 3.22. The smallest absolute Gasteiger partial charge is 0.277 e. The molecule has 5 nitrogen and oxygen atoms in total. The zero-order chi connectivity index (χ0) is 18.9. The molecule has 0 spiro atoms. The van der Waals surface area contributed by atoms with E-state index in [2.05, 4.69) is 31.0 Å². The summed E-state index contributed by atoms with van der Waals surface area (Å²) in [7, 11) is 0. The number of carbonyl (C=O) groups excluding carboxylic acids is 1. The molecule has 1 aromatic carbocycles. The van der Waals surface area contributed by atoms with Gasteiger partial charge < -0.3 is 8.83 Å². The van der Waals surface area contributed by atoms with Gasteiger partial charge >= 0.3 is 0 Å². The van der Waals surface area contributed by atoms with Gasteiger partial charge in [0.2, 0.25) is 0 Å². The number of aromatic nitrogens is 2. The number of rotatable bonds is 5. The Morgan fingerprint density at radius 2 is 1.81 bits per heavy atom. The van der Waals surface area contributed by atoms with Gasteiger partial charge in [0.1, 0.15) is 5.76 Å². The molecule has 0 amide bonds. The van der Waals surface area contributed by atoms with Crippen LogP contribution in [0.2, 0.25) is 0 Å². The molecule has 0 saturated carbocycles. The zero-order valence-electron chi connectivity index (χ0n) is 15.6. The van der Waals surface area contributed by atoms with Gasteiger partial charge in [-0.05, 0) is 30.9 Å². The Morgan fingerprint density at radius 3 is 2.38 bits per heavy atom. The standard InChI is InChI=1S/C20H22N2O3S/c1-12-16(10-11-24-12)18-21-22-19(25-18)26-13(2)17(23)14-6-8-15(9-7-14)20(3,4)5/h6-11,13H,1-5H3/t13-/m1/s1. The average molecular weight is 370 g/mol. The van der Waals surface area contributed by atoms with Crippen LogP contribution in [0.1, 0.15) is 49.4 Å². The molecule has 0 aliphatic heterocycles. The highest BCUT2D eigenvalue weighted by Gasteiger charge is 2.22. The molecule has 2 heterocycles. The monoisotopic (exact) mass is 370 g/mol. The summed E-state index contributed by atoms with van der Waals surface area (Å²) in [6, 6.07) is 9.57. The Balaban J connectivity index is 1.70. The van der Waals surface area contributed by atoms with E-state index in [9.17, 15) is 4.79 Å². The van der Waals surface area contributed by atoms with Crippen LogP contribution in [-0.4, -0.2) is 21.2 Å². The van der Waals surface area contributed by atoms with Crippen LogP contribution in [-0.2, 0) is 5.41 Å². The molecule has 0 aliphatic carbocycles. The van der Waals surface area contributed by atoms with Crippen LogP contribution >= 0.6 is 11.8 Å². The van der Waals surface area contributed by atoms with Crippen LogP contribution in [0.5, 0.6) is 0 Å².